The van der Waals surface area contributed by atoms with Crippen molar-refractivity contribution in [2.24, 2.45) is 0 Å². The van der Waals surface area contributed by atoms with Gasteiger partial charge < -0.3 is 5.73 Å². The molecule has 0 fully saturated rings. The topological polar surface area (TPSA) is 86.7 Å². The molecule has 0 radical (unpaired) electrons. The standard InChI is InChI=1S/C22H16F3N5O/c1-12-18(26)10-27-22(28-12)14-4-2-3-13(7-14)11-30-20(31)6-5-19(29-30)15-8-16(23)21(25)17(24)9-15/h2-10H,11,26H2,1H3. The third-order valence-corrected chi connectivity index (χ3v) is 4.68. The molecule has 2 heterocycles. The van der Waals surface area contributed by atoms with E-state index in [2.05, 4.69) is 15.1 Å². The molecule has 2 N–H and O–H groups in total. The molecule has 0 unspecified atom stereocenters. The molecule has 0 bridgehead atoms. The summed E-state index contributed by atoms with van der Waals surface area (Å²) in [5.74, 6) is -3.74. The molecule has 6 nitrogen and oxygen atoms in total. The molecule has 2 aromatic carbocycles. The van der Waals surface area contributed by atoms with Crippen LogP contribution in [0.2, 0.25) is 0 Å². The maximum atomic E-state index is 13.6. The van der Waals surface area contributed by atoms with E-state index in [0.29, 0.717) is 17.2 Å². The Morgan fingerprint density at radius 2 is 1.74 bits per heavy atom. The Hall–Kier alpha value is -4.01. The summed E-state index contributed by atoms with van der Waals surface area (Å²) in [6.07, 6.45) is 1.53. The molecule has 0 saturated heterocycles. The van der Waals surface area contributed by atoms with Gasteiger partial charge in [0.25, 0.3) is 5.56 Å². The van der Waals surface area contributed by atoms with Crippen LogP contribution in [0.4, 0.5) is 18.9 Å². The fourth-order valence-corrected chi connectivity index (χ4v) is 3.02. The summed E-state index contributed by atoms with van der Waals surface area (Å²) in [5.41, 5.74) is 8.11. The number of nitrogens with two attached hydrogens (primary N) is 1. The predicted molar refractivity (Wildman–Crippen MR) is 110 cm³/mol. The van der Waals surface area contributed by atoms with E-state index in [9.17, 15) is 18.0 Å². The largest absolute Gasteiger partial charge is 0.396 e. The SMILES string of the molecule is Cc1nc(-c2cccc(Cn3nc(-c4cc(F)c(F)c(F)c4)ccc3=O)c2)ncc1N. The number of aryl methyl sites for hydroxylation is 1. The minimum Gasteiger partial charge on any atom is -0.396 e. The van der Waals surface area contributed by atoms with Gasteiger partial charge in [-0.05, 0) is 36.8 Å². The Morgan fingerprint density at radius 1 is 1.00 bits per heavy atom. The van der Waals surface area contributed by atoms with Gasteiger partial charge >= 0.3 is 0 Å². The highest BCUT2D eigenvalue weighted by Gasteiger charge is 2.13. The first-order valence-corrected chi connectivity index (χ1v) is 9.23. The maximum absolute atomic E-state index is 13.6. The molecule has 0 aliphatic heterocycles. The Labute approximate surface area is 174 Å². The van der Waals surface area contributed by atoms with Crippen LogP contribution in [-0.4, -0.2) is 19.7 Å². The number of nitrogens with zero attached hydrogens (tertiary/aromatic N) is 4. The Morgan fingerprint density at radius 3 is 2.45 bits per heavy atom. The van der Waals surface area contributed by atoms with Gasteiger partial charge in [0.1, 0.15) is 0 Å². The van der Waals surface area contributed by atoms with Gasteiger partial charge in [0.15, 0.2) is 23.3 Å². The van der Waals surface area contributed by atoms with E-state index in [-0.39, 0.29) is 17.8 Å². The number of halogens is 3. The fraction of sp³-hybridized carbons (Fsp3) is 0.0909. The summed E-state index contributed by atoms with van der Waals surface area (Å²) in [5, 5.41) is 4.18. The molecule has 9 heteroatoms. The van der Waals surface area contributed by atoms with E-state index >= 15 is 0 Å². The summed E-state index contributed by atoms with van der Waals surface area (Å²) in [6.45, 7) is 1.88. The van der Waals surface area contributed by atoms with Crippen LogP contribution in [0, 0.1) is 24.4 Å². The van der Waals surface area contributed by atoms with Crippen LogP contribution < -0.4 is 11.3 Å². The third kappa shape index (κ3) is 4.16. The average Bonchev–Trinajstić information content (AvgIpc) is 2.75. The molecule has 4 rings (SSSR count). The highest BCUT2D eigenvalue weighted by molar-refractivity contribution is 5.59. The van der Waals surface area contributed by atoms with Gasteiger partial charge in [-0.1, -0.05) is 18.2 Å². The lowest BCUT2D eigenvalue weighted by Crippen LogP contribution is -2.22. The smallest absolute Gasteiger partial charge is 0.267 e. The van der Waals surface area contributed by atoms with Crippen LogP contribution in [0.5, 0.6) is 0 Å². The zero-order valence-corrected chi connectivity index (χ0v) is 16.3. The summed E-state index contributed by atoms with van der Waals surface area (Å²) < 4.78 is 41.6. The van der Waals surface area contributed by atoms with Crippen LogP contribution in [-0.2, 0) is 6.54 Å². The monoisotopic (exact) mass is 423 g/mol. The van der Waals surface area contributed by atoms with Crippen LogP contribution in [0.1, 0.15) is 11.3 Å². The summed E-state index contributed by atoms with van der Waals surface area (Å²) >= 11 is 0. The molecule has 0 atom stereocenters. The zero-order valence-electron chi connectivity index (χ0n) is 16.3. The summed E-state index contributed by atoms with van der Waals surface area (Å²) in [7, 11) is 0. The van der Waals surface area contributed by atoms with Gasteiger partial charge in [0.05, 0.1) is 29.8 Å². The molecule has 2 aromatic heterocycles. The molecule has 4 aromatic rings. The first kappa shape index (κ1) is 20.3. The number of aromatic nitrogens is 4. The molecule has 31 heavy (non-hydrogen) atoms. The van der Waals surface area contributed by atoms with Crippen LogP contribution in [0.3, 0.4) is 0 Å². The van der Waals surface area contributed by atoms with E-state index < -0.39 is 23.0 Å². The van der Waals surface area contributed by atoms with E-state index in [1.807, 2.05) is 12.1 Å². The second-order valence-electron chi connectivity index (χ2n) is 6.90. The Bertz CT molecular complexity index is 1330. The molecule has 0 spiro atoms. The van der Waals surface area contributed by atoms with Gasteiger partial charge in [0, 0.05) is 17.2 Å². The van der Waals surface area contributed by atoms with E-state index in [4.69, 9.17) is 5.73 Å². The van der Waals surface area contributed by atoms with E-state index in [1.54, 1.807) is 19.1 Å². The van der Waals surface area contributed by atoms with Gasteiger partial charge in [-0.3, -0.25) is 4.79 Å². The number of benzene rings is 2. The Balaban J connectivity index is 1.68. The first-order valence-electron chi connectivity index (χ1n) is 9.23. The highest BCUT2D eigenvalue weighted by atomic mass is 19.2. The lowest BCUT2D eigenvalue weighted by atomic mass is 10.1. The van der Waals surface area contributed by atoms with Gasteiger partial charge in [0.2, 0.25) is 0 Å². The molecule has 0 aliphatic carbocycles. The molecular weight excluding hydrogens is 407 g/mol. The van der Waals surface area contributed by atoms with E-state index in [0.717, 1.165) is 27.9 Å². The maximum Gasteiger partial charge on any atom is 0.267 e. The van der Waals surface area contributed by atoms with Gasteiger partial charge in [-0.2, -0.15) is 5.10 Å². The lowest BCUT2D eigenvalue weighted by molar-refractivity contribution is 0.447. The number of nitrogen functional groups attached to an aromatic ring is 1. The van der Waals surface area contributed by atoms with Crippen molar-refractivity contribution in [2.75, 3.05) is 5.73 Å². The van der Waals surface area contributed by atoms with Crippen molar-refractivity contribution in [2.45, 2.75) is 13.5 Å². The quantitative estimate of drug-likeness (QED) is 0.506. The van der Waals surface area contributed by atoms with Crippen molar-refractivity contribution in [1.29, 1.82) is 0 Å². The molecule has 0 amide bonds. The minimum absolute atomic E-state index is 0.0182. The molecule has 156 valence electrons. The second-order valence-corrected chi connectivity index (χ2v) is 6.90. The van der Waals surface area contributed by atoms with Crippen molar-refractivity contribution in [1.82, 2.24) is 19.7 Å². The molecule has 0 saturated carbocycles. The highest BCUT2D eigenvalue weighted by Crippen LogP contribution is 2.22. The average molecular weight is 423 g/mol. The fourth-order valence-electron chi connectivity index (χ4n) is 3.02. The summed E-state index contributed by atoms with van der Waals surface area (Å²) in [6, 6.07) is 11.4. The second kappa shape index (κ2) is 8.02. The zero-order chi connectivity index (χ0) is 22.1. The van der Waals surface area contributed by atoms with Crippen LogP contribution in [0.15, 0.2) is 59.5 Å². The number of anilines is 1. The number of hydrogen-bond acceptors (Lipinski definition) is 5. The first-order chi connectivity index (χ1) is 14.8. The predicted octanol–water partition coefficient (Wildman–Crippen LogP) is 3.72. The minimum atomic E-state index is -1.56. The van der Waals surface area contributed by atoms with Gasteiger partial charge in [-0.25, -0.2) is 27.8 Å². The van der Waals surface area contributed by atoms with E-state index in [1.165, 1.54) is 18.3 Å². The molecule has 0 aliphatic rings. The van der Waals surface area contributed by atoms with Crippen molar-refractivity contribution in [3.63, 3.8) is 0 Å². The van der Waals surface area contributed by atoms with Crippen molar-refractivity contribution < 1.29 is 13.2 Å². The lowest BCUT2D eigenvalue weighted by Gasteiger charge is -2.09. The number of rotatable bonds is 4. The van der Waals surface area contributed by atoms with Crippen molar-refractivity contribution in [3.05, 3.63) is 93.8 Å². The van der Waals surface area contributed by atoms with Crippen molar-refractivity contribution in [3.8, 4) is 22.6 Å². The Kier molecular flexibility index (Phi) is 5.24. The number of hydrogen-bond donors (Lipinski definition) is 1. The van der Waals surface area contributed by atoms with Crippen molar-refractivity contribution >= 4 is 5.69 Å². The molecular formula is C22H16F3N5O. The van der Waals surface area contributed by atoms with Crippen LogP contribution in [0.25, 0.3) is 22.6 Å². The summed E-state index contributed by atoms with van der Waals surface area (Å²) in [4.78, 5) is 20.9. The van der Waals surface area contributed by atoms with Crippen LogP contribution >= 0.6 is 0 Å². The van der Waals surface area contributed by atoms with Gasteiger partial charge in [-0.15, -0.1) is 0 Å². The normalized spacial score (nSPS) is 11.0. The third-order valence-electron chi connectivity index (χ3n) is 4.68.